The summed E-state index contributed by atoms with van der Waals surface area (Å²) in [7, 11) is 0. The Morgan fingerprint density at radius 1 is 1.21 bits per heavy atom. The summed E-state index contributed by atoms with van der Waals surface area (Å²) in [4.78, 5) is 24.6. The van der Waals surface area contributed by atoms with E-state index < -0.39 is 5.97 Å². The molecule has 0 amide bonds. The number of hydrogen-bond donors (Lipinski definition) is 1. The number of ketones is 1. The number of rotatable bonds is 4. The SMILES string of the molecule is CCOC(=O)c1ccc(C(=O)c2cccc(N)c2)s1. The zero-order chi connectivity index (χ0) is 13.8. The van der Waals surface area contributed by atoms with E-state index in [2.05, 4.69) is 0 Å². The Kier molecular flexibility index (Phi) is 3.97. The molecule has 1 heterocycles. The number of esters is 1. The highest BCUT2D eigenvalue weighted by Crippen LogP contribution is 2.21. The van der Waals surface area contributed by atoms with Crippen LogP contribution in [0.1, 0.15) is 31.8 Å². The van der Waals surface area contributed by atoms with E-state index in [1.165, 1.54) is 0 Å². The Labute approximate surface area is 114 Å². The summed E-state index contributed by atoms with van der Waals surface area (Å²) in [6, 6.07) is 9.98. The number of hydrogen-bond acceptors (Lipinski definition) is 5. The molecule has 0 unspecified atom stereocenters. The number of benzene rings is 1. The lowest BCUT2D eigenvalue weighted by atomic mass is 10.1. The van der Waals surface area contributed by atoms with Gasteiger partial charge in [-0.15, -0.1) is 11.3 Å². The molecule has 19 heavy (non-hydrogen) atoms. The van der Waals surface area contributed by atoms with Crippen LogP contribution < -0.4 is 5.73 Å². The molecule has 0 spiro atoms. The molecule has 2 N–H and O–H groups in total. The van der Waals surface area contributed by atoms with Gasteiger partial charge in [0.2, 0.25) is 5.78 Å². The number of ether oxygens (including phenoxy) is 1. The van der Waals surface area contributed by atoms with Gasteiger partial charge >= 0.3 is 5.97 Å². The number of nitrogens with two attached hydrogens (primary N) is 1. The molecule has 1 aromatic heterocycles. The summed E-state index contributed by atoms with van der Waals surface area (Å²) in [5, 5.41) is 0. The molecule has 0 radical (unpaired) electrons. The summed E-state index contributed by atoms with van der Waals surface area (Å²) >= 11 is 1.12. The highest BCUT2D eigenvalue weighted by molar-refractivity contribution is 7.16. The summed E-state index contributed by atoms with van der Waals surface area (Å²) in [6.45, 7) is 2.06. The number of anilines is 1. The first-order valence-electron chi connectivity index (χ1n) is 5.79. The first-order chi connectivity index (χ1) is 9.11. The maximum atomic E-state index is 12.2. The van der Waals surface area contributed by atoms with Crippen LogP contribution in [0.3, 0.4) is 0 Å². The third-order valence-electron chi connectivity index (χ3n) is 2.46. The third kappa shape index (κ3) is 3.00. The van der Waals surface area contributed by atoms with Gasteiger partial charge in [-0.25, -0.2) is 4.79 Å². The van der Waals surface area contributed by atoms with Crippen molar-refractivity contribution < 1.29 is 14.3 Å². The van der Waals surface area contributed by atoms with Gasteiger partial charge in [0, 0.05) is 11.3 Å². The van der Waals surface area contributed by atoms with Gasteiger partial charge < -0.3 is 10.5 Å². The topological polar surface area (TPSA) is 69.4 Å². The molecule has 0 fully saturated rings. The van der Waals surface area contributed by atoms with Gasteiger partial charge in [-0.2, -0.15) is 0 Å². The number of thiophene rings is 1. The predicted molar refractivity (Wildman–Crippen MR) is 74.6 cm³/mol. The standard InChI is InChI=1S/C14H13NO3S/c1-2-18-14(17)12-7-6-11(19-12)13(16)9-4-3-5-10(15)8-9/h3-8H,2,15H2,1H3. The van der Waals surface area contributed by atoms with Gasteiger partial charge in [-0.1, -0.05) is 12.1 Å². The summed E-state index contributed by atoms with van der Waals surface area (Å²) in [6.07, 6.45) is 0. The monoisotopic (exact) mass is 275 g/mol. The second-order valence-electron chi connectivity index (χ2n) is 3.84. The third-order valence-corrected chi connectivity index (χ3v) is 3.52. The first-order valence-corrected chi connectivity index (χ1v) is 6.60. The van der Waals surface area contributed by atoms with Crippen molar-refractivity contribution in [2.75, 3.05) is 12.3 Å². The summed E-state index contributed by atoms with van der Waals surface area (Å²) in [5.41, 5.74) is 6.69. The Morgan fingerprint density at radius 3 is 2.63 bits per heavy atom. The minimum atomic E-state index is -0.404. The fourth-order valence-electron chi connectivity index (χ4n) is 1.59. The lowest BCUT2D eigenvalue weighted by Gasteiger charge is -1.99. The van der Waals surface area contributed by atoms with E-state index in [1.54, 1.807) is 43.3 Å². The molecule has 0 saturated carbocycles. The molecule has 0 aliphatic rings. The van der Waals surface area contributed by atoms with Crippen molar-refractivity contribution in [1.29, 1.82) is 0 Å². The van der Waals surface area contributed by atoms with Crippen molar-refractivity contribution in [2.45, 2.75) is 6.92 Å². The number of carbonyl (C=O) groups is 2. The summed E-state index contributed by atoms with van der Waals surface area (Å²) in [5.74, 6) is -0.549. The van der Waals surface area contributed by atoms with E-state index in [-0.39, 0.29) is 5.78 Å². The van der Waals surface area contributed by atoms with Crippen LogP contribution in [0.5, 0.6) is 0 Å². The van der Waals surface area contributed by atoms with Crippen LogP contribution in [0.4, 0.5) is 5.69 Å². The molecule has 5 heteroatoms. The Bertz CT molecular complexity index is 619. The minimum absolute atomic E-state index is 0.146. The molecule has 0 atom stereocenters. The maximum Gasteiger partial charge on any atom is 0.348 e. The Morgan fingerprint density at radius 2 is 1.95 bits per heavy atom. The molecule has 0 bridgehead atoms. The molecule has 98 valence electrons. The van der Waals surface area contributed by atoms with Crippen LogP contribution in [0, 0.1) is 0 Å². The fraction of sp³-hybridized carbons (Fsp3) is 0.143. The van der Waals surface area contributed by atoms with Crippen LogP contribution in [0.15, 0.2) is 36.4 Å². The van der Waals surface area contributed by atoms with Crippen molar-refractivity contribution in [1.82, 2.24) is 0 Å². The lowest BCUT2D eigenvalue weighted by Crippen LogP contribution is -2.02. The van der Waals surface area contributed by atoms with E-state index >= 15 is 0 Å². The minimum Gasteiger partial charge on any atom is -0.462 e. The highest BCUT2D eigenvalue weighted by atomic mass is 32.1. The van der Waals surface area contributed by atoms with Crippen LogP contribution in [-0.2, 0) is 4.74 Å². The zero-order valence-corrected chi connectivity index (χ0v) is 11.2. The van der Waals surface area contributed by atoms with Crippen molar-refractivity contribution in [3.8, 4) is 0 Å². The second kappa shape index (κ2) is 5.67. The van der Waals surface area contributed by atoms with Gasteiger partial charge in [0.05, 0.1) is 11.5 Å². The molecule has 2 aromatic rings. The van der Waals surface area contributed by atoms with Gasteiger partial charge in [-0.05, 0) is 31.2 Å². The molecule has 0 aliphatic carbocycles. The zero-order valence-electron chi connectivity index (χ0n) is 10.4. The number of nitrogen functional groups attached to an aromatic ring is 1. The number of carbonyl (C=O) groups excluding carboxylic acids is 2. The van der Waals surface area contributed by atoms with Crippen LogP contribution >= 0.6 is 11.3 Å². The fourth-order valence-corrected chi connectivity index (χ4v) is 2.46. The average Bonchev–Trinajstić information content (AvgIpc) is 2.88. The van der Waals surface area contributed by atoms with Crippen LogP contribution in [0.25, 0.3) is 0 Å². The van der Waals surface area contributed by atoms with Crippen molar-refractivity contribution in [3.05, 3.63) is 51.7 Å². The van der Waals surface area contributed by atoms with Gasteiger partial charge in [0.15, 0.2) is 0 Å². The molecule has 0 saturated heterocycles. The van der Waals surface area contributed by atoms with Crippen molar-refractivity contribution in [2.24, 2.45) is 0 Å². The average molecular weight is 275 g/mol. The smallest absolute Gasteiger partial charge is 0.348 e. The largest absolute Gasteiger partial charge is 0.462 e. The van der Waals surface area contributed by atoms with Gasteiger partial charge in [-0.3, -0.25) is 4.79 Å². The summed E-state index contributed by atoms with van der Waals surface area (Å²) < 4.78 is 4.89. The van der Waals surface area contributed by atoms with Gasteiger partial charge in [0.1, 0.15) is 4.88 Å². The van der Waals surface area contributed by atoms with Crippen molar-refractivity contribution in [3.63, 3.8) is 0 Å². The second-order valence-corrected chi connectivity index (χ2v) is 4.92. The Balaban J connectivity index is 2.23. The van der Waals surface area contributed by atoms with E-state index in [9.17, 15) is 9.59 Å². The molecule has 2 rings (SSSR count). The Hall–Kier alpha value is -2.14. The molecule has 1 aromatic carbocycles. The molecule has 4 nitrogen and oxygen atoms in total. The normalized spacial score (nSPS) is 10.2. The van der Waals surface area contributed by atoms with E-state index in [0.29, 0.717) is 27.6 Å². The predicted octanol–water partition coefficient (Wildman–Crippen LogP) is 2.74. The maximum absolute atomic E-state index is 12.2. The first kappa shape index (κ1) is 13.3. The molecular weight excluding hydrogens is 262 g/mol. The quantitative estimate of drug-likeness (QED) is 0.529. The van der Waals surface area contributed by atoms with E-state index in [0.717, 1.165) is 11.3 Å². The van der Waals surface area contributed by atoms with E-state index in [1.807, 2.05) is 0 Å². The van der Waals surface area contributed by atoms with Crippen molar-refractivity contribution >= 4 is 28.8 Å². The molecular formula is C14H13NO3S. The van der Waals surface area contributed by atoms with Crippen LogP contribution in [-0.4, -0.2) is 18.4 Å². The van der Waals surface area contributed by atoms with Crippen LogP contribution in [0.2, 0.25) is 0 Å². The molecule has 0 aliphatic heterocycles. The lowest BCUT2D eigenvalue weighted by molar-refractivity contribution is 0.0532. The van der Waals surface area contributed by atoms with Gasteiger partial charge in [0.25, 0.3) is 0 Å². The highest BCUT2D eigenvalue weighted by Gasteiger charge is 2.15. The van der Waals surface area contributed by atoms with E-state index in [4.69, 9.17) is 10.5 Å².